The van der Waals surface area contributed by atoms with E-state index in [2.05, 4.69) is 10.3 Å². The Balaban J connectivity index is 1.75. The van der Waals surface area contributed by atoms with Crippen molar-refractivity contribution in [3.8, 4) is 10.8 Å². The van der Waals surface area contributed by atoms with Crippen LogP contribution in [0.3, 0.4) is 0 Å². The highest BCUT2D eigenvalue weighted by Crippen LogP contribution is 2.26. The minimum atomic E-state index is -0.440. The first-order valence-corrected chi connectivity index (χ1v) is 8.01. The summed E-state index contributed by atoms with van der Waals surface area (Å²) in [7, 11) is 0. The van der Waals surface area contributed by atoms with E-state index in [9.17, 15) is 9.59 Å². The van der Waals surface area contributed by atoms with Gasteiger partial charge in [0.25, 0.3) is 0 Å². The molecule has 1 fully saturated rings. The molecule has 22 heavy (non-hydrogen) atoms. The summed E-state index contributed by atoms with van der Waals surface area (Å²) in [5.41, 5.74) is 0.631. The Morgan fingerprint density at radius 1 is 1.59 bits per heavy atom. The Morgan fingerprint density at radius 2 is 2.41 bits per heavy atom. The first-order chi connectivity index (χ1) is 10.6. The van der Waals surface area contributed by atoms with E-state index in [4.69, 9.17) is 4.42 Å². The lowest BCUT2D eigenvalue weighted by atomic mass is 10.1. The van der Waals surface area contributed by atoms with E-state index in [1.807, 2.05) is 17.5 Å². The lowest BCUT2D eigenvalue weighted by molar-refractivity contribution is -0.142. The summed E-state index contributed by atoms with van der Waals surface area (Å²) in [5.74, 6) is 0.970. The third kappa shape index (κ3) is 2.76. The van der Waals surface area contributed by atoms with Crippen LogP contribution in [-0.2, 0) is 16.0 Å². The number of aromatic nitrogens is 1. The molecule has 2 aromatic heterocycles. The number of nitrogens with zero attached hydrogens (tertiary/aromatic N) is 2. The molecule has 1 unspecified atom stereocenters. The molecule has 1 atom stereocenters. The Labute approximate surface area is 132 Å². The smallest absolute Gasteiger partial charge is 0.242 e. The van der Waals surface area contributed by atoms with E-state index in [-0.39, 0.29) is 18.2 Å². The first-order valence-electron chi connectivity index (χ1n) is 7.13. The standard InChI is InChI=1S/C15H17N3O3S/c1-9-14(20)16-5-6-18(9)13(19)8-11-10(2)21-15(17-11)12-4-3-7-22-12/h3-4,7,9H,5-6,8H2,1-2H3,(H,16,20). The number of thiophene rings is 1. The van der Waals surface area contributed by atoms with Gasteiger partial charge in [-0.3, -0.25) is 9.59 Å². The largest absolute Gasteiger partial charge is 0.440 e. The van der Waals surface area contributed by atoms with Gasteiger partial charge in [-0.1, -0.05) is 6.07 Å². The molecule has 1 aliphatic heterocycles. The van der Waals surface area contributed by atoms with E-state index in [0.29, 0.717) is 30.4 Å². The van der Waals surface area contributed by atoms with Crippen molar-refractivity contribution in [2.45, 2.75) is 26.3 Å². The number of aryl methyl sites for hydroxylation is 1. The second-order valence-electron chi connectivity index (χ2n) is 5.23. The highest BCUT2D eigenvalue weighted by atomic mass is 32.1. The van der Waals surface area contributed by atoms with Crippen molar-refractivity contribution in [3.63, 3.8) is 0 Å². The molecular weight excluding hydrogens is 302 g/mol. The predicted molar refractivity (Wildman–Crippen MR) is 82.4 cm³/mol. The number of amides is 2. The zero-order valence-corrected chi connectivity index (χ0v) is 13.3. The van der Waals surface area contributed by atoms with E-state index >= 15 is 0 Å². The van der Waals surface area contributed by atoms with Gasteiger partial charge in [-0.05, 0) is 25.3 Å². The fourth-order valence-corrected chi connectivity index (χ4v) is 3.11. The van der Waals surface area contributed by atoms with Crippen LogP contribution in [0.15, 0.2) is 21.9 Å². The maximum absolute atomic E-state index is 12.4. The molecule has 1 N–H and O–H groups in total. The van der Waals surface area contributed by atoms with Gasteiger partial charge in [0.15, 0.2) is 0 Å². The molecule has 6 nitrogen and oxygen atoms in total. The number of hydrogen-bond donors (Lipinski definition) is 1. The molecule has 7 heteroatoms. The van der Waals surface area contributed by atoms with Gasteiger partial charge in [-0.15, -0.1) is 11.3 Å². The summed E-state index contributed by atoms with van der Waals surface area (Å²) in [6.07, 6.45) is 0.151. The zero-order valence-electron chi connectivity index (χ0n) is 12.5. The van der Waals surface area contributed by atoms with Crippen LogP contribution in [0.2, 0.25) is 0 Å². The molecule has 116 valence electrons. The van der Waals surface area contributed by atoms with Crippen molar-refractivity contribution in [1.29, 1.82) is 0 Å². The Kier molecular flexibility index (Phi) is 3.98. The second kappa shape index (κ2) is 5.92. The minimum absolute atomic E-state index is 0.100. The third-order valence-electron chi connectivity index (χ3n) is 3.76. The Hall–Kier alpha value is -2.15. The summed E-state index contributed by atoms with van der Waals surface area (Å²) in [6, 6.07) is 3.42. The topological polar surface area (TPSA) is 75.4 Å². The van der Waals surface area contributed by atoms with Gasteiger partial charge < -0.3 is 14.6 Å². The Bertz CT molecular complexity index is 693. The van der Waals surface area contributed by atoms with Crippen LogP contribution in [0.1, 0.15) is 18.4 Å². The van der Waals surface area contributed by atoms with Gasteiger partial charge in [0.1, 0.15) is 11.8 Å². The van der Waals surface area contributed by atoms with Crippen LogP contribution in [0.4, 0.5) is 0 Å². The predicted octanol–water partition coefficient (Wildman–Crippen LogP) is 1.60. The average Bonchev–Trinajstić information content (AvgIpc) is 3.12. The number of piperazine rings is 1. The summed E-state index contributed by atoms with van der Waals surface area (Å²) < 4.78 is 5.64. The zero-order chi connectivity index (χ0) is 15.7. The van der Waals surface area contributed by atoms with Gasteiger partial charge in [-0.25, -0.2) is 4.98 Å². The van der Waals surface area contributed by atoms with Crippen LogP contribution < -0.4 is 5.32 Å². The van der Waals surface area contributed by atoms with Gasteiger partial charge in [0.05, 0.1) is 17.0 Å². The van der Waals surface area contributed by atoms with Crippen molar-refractivity contribution in [2.75, 3.05) is 13.1 Å². The molecule has 0 spiro atoms. The summed E-state index contributed by atoms with van der Waals surface area (Å²) in [5, 5.41) is 4.70. The molecule has 0 saturated carbocycles. The summed E-state index contributed by atoms with van der Waals surface area (Å²) in [6.45, 7) is 4.56. The normalized spacial score (nSPS) is 18.4. The number of oxazole rings is 1. The second-order valence-corrected chi connectivity index (χ2v) is 6.18. The monoisotopic (exact) mass is 319 g/mol. The number of carbonyl (C=O) groups excluding carboxylic acids is 2. The minimum Gasteiger partial charge on any atom is -0.440 e. The third-order valence-corrected chi connectivity index (χ3v) is 4.62. The van der Waals surface area contributed by atoms with Crippen LogP contribution in [0.25, 0.3) is 10.8 Å². The molecule has 3 rings (SSSR count). The average molecular weight is 319 g/mol. The summed E-state index contributed by atoms with van der Waals surface area (Å²) in [4.78, 5) is 31.0. The van der Waals surface area contributed by atoms with Crippen LogP contribution in [0, 0.1) is 6.92 Å². The molecule has 3 heterocycles. The quantitative estimate of drug-likeness (QED) is 0.932. The van der Waals surface area contributed by atoms with Gasteiger partial charge in [0, 0.05) is 13.1 Å². The number of nitrogens with one attached hydrogen (secondary N) is 1. The fourth-order valence-electron chi connectivity index (χ4n) is 2.47. The van der Waals surface area contributed by atoms with Crippen molar-refractivity contribution < 1.29 is 14.0 Å². The van der Waals surface area contributed by atoms with Crippen molar-refractivity contribution in [1.82, 2.24) is 15.2 Å². The van der Waals surface area contributed by atoms with Crippen LogP contribution >= 0.6 is 11.3 Å². The maximum Gasteiger partial charge on any atom is 0.242 e. The maximum atomic E-state index is 12.4. The van der Waals surface area contributed by atoms with Crippen molar-refractivity contribution >= 4 is 23.2 Å². The summed E-state index contributed by atoms with van der Waals surface area (Å²) >= 11 is 1.54. The number of hydrogen-bond acceptors (Lipinski definition) is 5. The van der Waals surface area contributed by atoms with Crippen molar-refractivity contribution in [3.05, 3.63) is 29.0 Å². The molecule has 0 radical (unpaired) electrons. The number of rotatable bonds is 3. The van der Waals surface area contributed by atoms with Crippen LogP contribution in [0.5, 0.6) is 0 Å². The van der Waals surface area contributed by atoms with E-state index in [1.165, 1.54) is 0 Å². The molecule has 0 aromatic carbocycles. The highest BCUT2D eigenvalue weighted by Gasteiger charge is 2.30. The molecular formula is C15H17N3O3S. The van der Waals surface area contributed by atoms with Gasteiger partial charge in [-0.2, -0.15) is 0 Å². The highest BCUT2D eigenvalue weighted by molar-refractivity contribution is 7.13. The number of carbonyl (C=O) groups is 2. The molecule has 1 aliphatic rings. The van der Waals surface area contributed by atoms with Crippen LogP contribution in [-0.4, -0.2) is 40.8 Å². The fraction of sp³-hybridized carbons (Fsp3) is 0.400. The molecule has 1 saturated heterocycles. The van der Waals surface area contributed by atoms with Gasteiger partial charge >= 0.3 is 0 Å². The first kappa shape index (κ1) is 14.8. The van der Waals surface area contributed by atoms with Gasteiger partial charge in [0.2, 0.25) is 17.7 Å². The van der Waals surface area contributed by atoms with E-state index in [0.717, 1.165) is 4.88 Å². The van der Waals surface area contributed by atoms with Crippen molar-refractivity contribution in [2.24, 2.45) is 0 Å². The molecule has 2 aromatic rings. The van der Waals surface area contributed by atoms with E-state index in [1.54, 1.807) is 30.1 Å². The molecule has 0 aliphatic carbocycles. The molecule has 2 amide bonds. The SMILES string of the molecule is Cc1oc(-c2cccs2)nc1CC(=O)N1CCNC(=O)C1C. The lowest BCUT2D eigenvalue weighted by Crippen LogP contribution is -2.56. The molecule has 0 bridgehead atoms. The Morgan fingerprint density at radius 3 is 3.14 bits per heavy atom. The van der Waals surface area contributed by atoms with E-state index < -0.39 is 6.04 Å². The lowest BCUT2D eigenvalue weighted by Gasteiger charge is -2.32.